The Morgan fingerprint density at radius 2 is 1.65 bits per heavy atom. The third-order valence-electron chi connectivity index (χ3n) is 3.16. The molecule has 0 aliphatic carbocycles. The zero-order valence-corrected chi connectivity index (χ0v) is 10.7. The Morgan fingerprint density at radius 3 is 2.40 bits per heavy atom. The van der Waals surface area contributed by atoms with Crippen LogP contribution in [0.15, 0.2) is 66.9 Å². The molecule has 0 radical (unpaired) electrons. The van der Waals surface area contributed by atoms with Gasteiger partial charge in [-0.1, -0.05) is 42.5 Å². The van der Waals surface area contributed by atoms with E-state index in [0.717, 1.165) is 5.56 Å². The molecule has 0 saturated carbocycles. The van der Waals surface area contributed by atoms with Gasteiger partial charge in [0, 0.05) is 15.9 Å². The van der Waals surface area contributed by atoms with Crippen LogP contribution in [0, 0.1) is 12.7 Å². The minimum Gasteiger partial charge on any atom is -0.256 e. The van der Waals surface area contributed by atoms with Crippen molar-refractivity contribution < 1.29 is 8.50 Å². The lowest BCUT2D eigenvalue weighted by atomic mass is 9.97. The van der Waals surface area contributed by atoms with Gasteiger partial charge in [0.15, 0.2) is 0 Å². The van der Waals surface area contributed by atoms with E-state index in [1.54, 1.807) is 24.3 Å². The van der Waals surface area contributed by atoms with E-state index in [1.165, 1.54) is 12.3 Å². The van der Waals surface area contributed by atoms with Gasteiger partial charge in [-0.05, 0) is 41.7 Å². The number of hydrogen-bond donors (Lipinski definition) is 0. The molecule has 2 heteroatoms. The van der Waals surface area contributed by atoms with Crippen LogP contribution in [-0.4, -0.2) is 4.98 Å². The standard InChI is InChI=1S/C18H14FN/c1-13-15(14-7-3-2-4-8-14)11-12-20-18(13)16-9-5-6-10-17(16)19/h2-12H,1H3/i1D3. The van der Waals surface area contributed by atoms with Crippen molar-refractivity contribution in [1.82, 2.24) is 4.98 Å². The van der Waals surface area contributed by atoms with Crippen LogP contribution < -0.4 is 0 Å². The number of nitrogens with zero attached hydrogens (tertiary/aromatic N) is 1. The molecule has 3 aromatic rings. The predicted octanol–water partition coefficient (Wildman–Crippen LogP) is 4.86. The van der Waals surface area contributed by atoms with Crippen LogP contribution in [0.3, 0.4) is 0 Å². The van der Waals surface area contributed by atoms with E-state index in [0.29, 0.717) is 5.56 Å². The molecule has 0 amide bonds. The summed E-state index contributed by atoms with van der Waals surface area (Å²) in [7, 11) is 0. The lowest BCUT2D eigenvalue weighted by Gasteiger charge is -2.11. The highest BCUT2D eigenvalue weighted by Crippen LogP contribution is 2.30. The second-order valence-electron chi connectivity index (χ2n) is 4.43. The van der Waals surface area contributed by atoms with Crippen molar-refractivity contribution in [1.29, 1.82) is 0 Å². The summed E-state index contributed by atoms with van der Waals surface area (Å²) in [6.07, 6.45) is 1.51. The summed E-state index contributed by atoms with van der Waals surface area (Å²) in [5.41, 5.74) is 1.72. The average molecular weight is 266 g/mol. The number of halogens is 1. The first-order chi connectivity index (χ1) is 11.0. The first-order valence-electron chi connectivity index (χ1n) is 7.78. The van der Waals surface area contributed by atoms with E-state index < -0.39 is 12.7 Å². The fraction of sp³-hybridized carbons (Fsp3) is 0.0556. The van der Waals surface area contributed by atoms with Crippen molar-refractivity contribution in [3.63, 3.8) is 0 Å². The van der Waals surface area contributed by atoms with Crippen LogP contribution in [0.1, 0.15) is 9.68 Å². The van der Waals surface area contributed by atoms with Crippen molar-refractivity contribution in [3.05, 3.63) is 78.2 Å². The molecule has 0 atom stereocenters. The fourth-order valence-corrected chi connectivity index (χ4v) is 2.18. The Hall–Kier alpha value is -2.48. The maximum atomic E-state index is 14.2. The zero-order chi connectivity index (χ0) is 16.4. The van der Waals surface area contributed by atoms with Gasteiger partial charge in [0.1, 0.15) is 5.82 Å². The number of benzene rings is 2. The van der Waals surface area contributed by atoms with Gasteiger partial charge in [0.25, 0.3) is 0 Å². The number of aromatic nitrogens is 1. The molecule has 3 rings (SSSR count). The van der Waals surface area contributed by atoms with Crippen molar-refractivity contribution in [2.24, 2.45) is 0 Å². The molecule has 0 fully saturated rings. The van der Waals surface area contributed by atoms with Crippen LogP contribution in [0.25, 0.3) is 22.4 Å². The topological polar surface area (TPSA) is 12.9 Å². The monoisotopic (exact) mass is 266 g/mol. The average Bonchev–Trinajstić information content (AvgIpc) is 2.54. The first kappa shape index (κ1) is 9.43. The minimum absolute atomic E-state index is 0.0660. The Labute approximate surface area is 122 Å². The van der Waals surface area contributed by atoms with Crippen molar-refractivity contribution in [2.45, 2.75) is 6.85 Å². The Kier molecular flexibility index (Phi) is 2.48. The van der Waals surface area contributed by atoms with Crippen molar-refractivity contribution in [3.8, 4) is 22.4 Å². The third-order valence-corrected chi connectivity index (χ3v) is 3.16. The van der Waals surface area contributed by atoms with Crippen molar-refractivity contribution >= 4 is 0 Å². The maximum Gasteiger partial charge on any atom is 0.132 e. The summed E-state index contributed by atoms with van der Waals surface area (Å²) >= 11 is 0. The summed E-state index contributed by atoms with van der Waals surface area (Å²) < 4.78 is 37.8. The quantitative estimate of drug-likeness (QED) is 0.645. The highest BCUT2D eigenvalue weighted by atomic mass is 19.1. The predicted molar refractivity (Wildman–Crippen MR) is 79.8 cm³/mol. The molecular formula is C18H14FN. The molecule has 1 heterocycles. The SMILES string of the molecule is [2H]C([2H])([2H])c1c(-c2ccccc2)ccnc1-c1ccccc1F. The maximum absolute atomic E-state index is 14.2. The Morgan fingerprint density at radius 1 is 0.900 bits per heavy atom. The van der Waals surface area contributed by atoms with Crippen molar-refractivity contribution in [2.75, 3.05) is 0 Å². The molecule has 0 unspecified atom stereocenters. The highest BCUT2D eigenvalue weighted by molar-refractivity contribution is 5.75. The van der Waals surface area contributed by atoms with E-state index in [1.807, 2.05) is 30.3 Å². The summed E-state index contributed by atoms with van der Waals surface area (Å²) in [5, 5.41) is 0. The summed E-state index contributed by atoms with van der Waals surface area (Å²) in [4.78, 5) is 4.16. The first-order valence-corrected chi connectivity index (χ1v) is 6.28. The lowest BCUT2D eigenvalue weighted by Crippen LogP contribution is -1.94. The summed E-state index contributed by atoms with van der Waals surface area (Å²) in [5.74, 6) is -0.490. The molecule has 98 valence electrons. The minimum atomic E-state index is -2.41. The molecule has 20 heavy (non-hydrogen) atoms. The molecule has 0 aliphatic rings. The van der Waals surface area contributed by atoms with Crippen LogP contribution in [0.5, 0.6) is 0 Å². The molecule has 0 bridgehead atoms. The molecule has 1 nitrogen and oxygen atoms in total. The van der Waals surface area contributed by atoms with Gasteiger partial charge in [-0.15, -0.1) is 0 Å². The van der Waals surface area contributed by atoms with E-state index in [4.69, 9.17) is 4.11 Å². The Balaban J connectivity index is 2.33. The second-order valence-corrected chi connectivity index (χ2v) is 4.43. The van der Waals surface area contributed by atoms with Crippen LogP contribution in [0.4, 0.5) is 4.39 Å². The highest BCUT2D eigenvalue weighted by Gasteiger charge is 2.12. The third kappa shape index (κ3) is 2.21. The molecule has 2 aromatic carbocycles. The zero-order valence-electron chi connectivity index (χ0n) is 13.7. The summed E-state index contributed by atoms with van der Waals surface area (Å²) in [6, 6.07) is 16.9. The van der Waals surface area contributed by atoms with Gasteiger partial charge in [-0.3, -0.25) is 4.98 Å². The lowest BCUT2D eigenvalue weighted by molar-refractivity contribution is 0.630. The molecule has 0 spiro atoms. The Bertz CT molecular complexity index is 829. The number of rotatable bonds is 2. The molecule has 0 saturated heterocycles. The van der Waals surface area contributed by atoms with Gasteiger partial charge < -0.3 is 0 Å². The second kappa shape index (κ2) is 5.25. The molecule has 1 aromatic heterocycles. The van der Waals surface area contributed by atoms with Crippen LogP contribution in [0.2, 0.25) is 0 Å². The van der Waals surface area contributed by atoms with E-state index in [2.05, 4.69) is 4.98 Å². The van der Waals surface area contributed by atoms with Crippen LogP contribution >= 0.6 is 0 Å². The molecule has 0 aliphatic heterocycles. The van der Waals surface area contributed by atoms with Gasteiger partial charge in [0.05, 0.1) is 5.69 Å². The van der Waals surface area contributed by atoms with E-state index >= 15 is 0 Å². The fourth-order valence-electron chi connectivity index (χ4n) is 2.18. The largest absolute Gasteiger partial charge is 0.256 e. The smallest absolute Gasteiger partial charge is 0.132 e. The van der Waals surface area contributed by atoms with E-state index in [-0.39, 0.29) is 16.8 Å². The summed E-state index contributed by atoms with van der Waals surface area (Å²) in [6.45, 7) is -2.41. The van der Waals surface area contributed by atoms with E-state index in [9.17, 15) is 4.39 Å². The van der Waals surface area contributed by atoms with Crippen LogP contribution in [-0.2, 0) is 0 Å². The van der Waals surface area contributed by atoms with Gasteiger partial charge in [0.2, 0.25) is 0 Å². The number of pyridine rings is 1. The normalized spacial score (nSPS) is 13.3. The van der Waals surface area contributed by atoms with Gasteiger partial charge >= 0.3 is 0 Å². The number of hydrogen-bond acceptors (Lipinski definition) is 1. The molecule has 0 N–H and O–H groups in total. The molecular weight excluding hydrogens is 249 g/mol. The van der Waals surface area contributed by atoms with Gasteiger partial charge in [-0.25, -0.2) is 4.39 Å². The van der Waals surface area contributed by atoms with Gasteiger partial charge in [-0.2, -0.15) is 0 Å².